The van der Waals surface area contributed by atoms with E-state index in [0.717, 1.165) is 20.7 Å². The number of imidazole rings is 1. The summed E-state index contributed by atoms with van der Waals surface area (Å²) in [5.74, 6) is 0. The van der Waals surface area contributed by atoms with Crippen LogP contribution in [0.3, 0.4) is 0 Å². The predicted octanol–water partition coefficient (Wildman–Crippen LogP) is 1.80. The zero-order valence-corrected chi connectivity index (χ0v) is 10.4. The summed E-state index contributed by atoms with van der Waals surface area (Å²) in [7, 11) is 0. The Balaban J connectivity index is 2.09. The Bertz CT molecular complexity index is 631. The SMILES string of the molecule is NCc1c(Sc2nncs2)nc2ccccn12. The van der Waals surface area contributed by atoms with Gasteiger partial charge in [-0.25, -0.2) is 4.98 Å². The van der Waals surface area contributed by atoms with Crippen LogP contribution in [0.5, 0.6) is 0 Å². The second kappa shape index (κ2) is 4.44. The molecule has 0 bridgehead atoms. The van der Waals surface area contributed by atoms with Gasteiger partial charge in [-0.3, -0.25) is 0 Å². The highest BCUT2D eigenvalue weighted by atomic mass is 32.2. The summed E-state index contributed by atoms with van der Waals surface area (Å²) in [6, 6.07) is 5.89. The average Bonchev–Trinajstić information content (AvgIpc) is 2.96. The molecule has 17 heavy (non-hydrogen) atoms. The average molecular weight is 263 g/mol. The van der Waals surface area contributed by atoms with Crippen molar-refractivity contribution in [1.82, 2.24) is 19.6 Å². The molecule has 0 aliphatic rings. The molecule has 3 aromatic heterocycles. The summed E-state index contributed by atoms with van der Waals surface area (Å²) in [5.41, 5.74) is 9.40. The van der Waals surface area contributed by atoms with Crippen molar-refractivity contribution in [1.29, 1.82) is 0 Å². The largest absolute Gasteiger partial charge is 0.325 e. The van der Waals surface area contributed by atoms with Crippen LogP contribution >= 0.6 is 23.1 Å². The van der Waals surface area contributed by atoms with E-state index in [2.05, 4.69) is 15.2 Å². The summed E-state index contributed by atoms with van der Waals surface area (Å²) in [4.78, 5) is 4.54. The van der Waals surface area contributed by atoms with Gasteiger partial charge < -0.3 is 10.1 Å². The van der Waals surface area contributed by atoms with Crippen LogP contribution in [-0.2, 0) is 6.54 Å². The van der Waals surface area contributed by atoms with Gasteiger partial charge in [0.1, 0.15) is 16.2 Å². The van der Waals surface area contributed by atoms with Crippen molar-refractivity contribution in [3.05, 3.63) is 35.6 Å². The van der Waals surface area contributed by atoms with Crippen molar-refractivity contribution in [3.8, 4) is 0 Å². The van der Waals surface area contributed by atoms with Crippen LogP contribution < -0.4 is 5.73 Å². The van der Waals surface area contributed by atoms with Crippen molar-refractivity contribution >= 4 is 28.7 Å². The second-order valence-corrected chi connectivity index (χ2v) is 5.37. The fourth-order valence-electron chi connectivity index (χ4n) is 1.58. The number of fused-ring (bicyclic) bond motifs is 1. The van der Waals surface area contributed by atoms with Crippen molar-refractivity contribution in [2.24, 2.45) is 5.73 Å². The molecule has 3 heterocycles. The first-order valence-corrected chi connectivity index (χ1v) is 6.68. The first-order valence-electron chi connectivity index (χ1n) is 4.98. The highest BCUT2D eigenvalue weighted by Gasteiger charge is 2.13. The Kier molecular flexibility index (Phi) is 2.79. The Labute approximate surface area is 106 Å². The fourth-order valence-corrected chi connectivity index (χ4v) is 3.11. The number of pyridine rings is 1. The lowest BCUT2D eigenvalue weighted by Gasteiger charge is -1.99. The molecule has 0 saturated heterocycles. The lowest BCUT2D eigenvalue weighted by molar-refractivity contribution is 0.919. The van der Waals surface area contributed by atoms with Crippen LogP contribution in [0.2, 0.25) is 0 Å². The van der Waals surface area contributed by atoms with Crippen molar-refractivity contribution < 1.29 is 0 Å². The third-order valence-corrected chi connectivity index (χ3v) is 4.11. The molecule has 0 aliphatic heterocycles. The van der Waals surface area contributed by atoms with E-state index in [1.165, 1.54) is 23.1 Å². The first-order chi connectivity index (χ1) is 8.38. The molecule has 0 aromatic carbocycles. The summed E-state index contributed by atoms with van der Waals surface area (Å²) in [6.45, 7) is 0.451. The standard InChI is InChI=1S/C10H9N5S2/c11-5-7-9(17-10-14-12-6-16-10)13-8-3-1-2-4-15(7)8/h1-4,6H,5,11H2. The number of nitrogens with two attached hydrogens (primary N) is 1. The quantitative estimate of drug-likeness (QED) is 0.780. The molecule has 0 aliphatic carbocycles. The molecule has 0 unspecified atom stereocenters. The van der Waals surface area contributed by atoms with Gasteiger partial charge in [0.25, 0.3) is 0 Å². The van der Waals surface area contributed by atoms with Crippen LogP contribution in [0.15, 0.2) is 39.3 Å². The summed E-state index contributed by atoms with van der Waals surface area (Å²) in [6.07, 6.45) is 1.97. The molecule has 0 fully saturated rings. The van der Waals surface area contributed by atoms with E-state index in [0.29, 0.717) is 6.54 Å². The van der Waals surface area contributed by atoms with Gasteiger partial charge in [0.2, 0.25) is 0 Å². The molecular formula is C10H9N5S2. The highest BCUT2D eigenvalue weighted by molar-refractivity contribution is 8.01. The number of hydrogen-bond acceptors (Lipinski definition) is 6. The highest BCUT2D eigenvalue weighted by Crippen LogP contribution is 2.30. The molecule has 3 rings (SSSR count). The molecule has 5 nitrogen and oxygen atoms in total. The maximum Gasteiger partial charge on any atom is 0.180 e. The number of hydrogen-bond donors (Lipinski definition) is 1. The van der Waals surface area contributed by atoms with Gasteiger partial charge in [-0.05, 0) is 23.9 Å². The molecule has 2 N–H and O–H groups in total. The van der Waals surface area contributed by atoms with Crippen molar-refractivity contribution in [3.63, 3.8) is 0 Å². The summed E-state index contributed by atoms with van der Waals surface area (Å²) in [5, 5.41) is 8.71. The van der Waals surface area contributed by atoms with Gasteiger partial charge in [-0.2, -0.15) is 0 Å². The number of nitrogens with zero attached hydrogens (tertiary/aromatic N) is 4. The predicted molar refractivity (Wildman–Crippen MR) is 67.1 cm³/mol. The van der Waals surface area contributed by atoms with Crippen LogP contribution in [0.4, 0.5) is 0 Å². The van der Waals surface area contributed by atoms with Crippen LogP contribution in [-0.4, -0.2) is 19.6 Å². The topological polar surface area (TPSA) is 69.1 Å². The molecule has 0 radical (unpaired) electrons. The fraction of sp³-hybridized carbons (Fsp3) is 0.100. The maximum atomic E-state index is 5.78. The smallest absolute Gasteiger partial charge is 0.180 e. The van der Waals surface area contributed by atoms with Gasteiger partial charge in [0, 0.05) is 12.7 Å². The monoisotopic (exact) mass is 263 g/mol. The molecule has 0 amide bonds. The molecule has 7 heteroatoms. The van der Waals surface area contributed by atoms with E-state index in [1.54, 1.807) is 5.51 Å². The van der Waals surface area contributed by atoms with E-state index in [1.807, 2.05) is 28.8 Å². The number of rotatable bonds is 3. The lowest BCUT2D eigenvalue weighted by Crippen LogP contribution is -2.01. The molecule has 0 spiro atoms. The van der Waals surface area contributed by atoms with E-state index in [9.17, 15) is 0 Å². The Hall–Kier alpha value is -1.44. The van der Waals surface area contributed by atoms with Gasteiger partial charge >= 0.3 is 0 Å². The summed E-state index contributed by atoms with van der Waals surface area (Å²) >= 11 is 3.00. The maximum absolute atomic E-state index is 5.78. The van der Waals surface area contributed by atoms with E-state index in [-0.39, 0.29) is 0 Å². The zero-order valence-electron chi connectivity index (χ0n) is 8.78. The third kappa shape index (κ3) is 1.92. The first kappa shape index (κ1) is 10.7. The molecular weight excluding hydrogens is 254 g/mol. The minimum atomic E-state index is 0.451. The molecule has 86 valence electrons. The minimum absolute atomic E-state index is 0.451. The van der Waals surface area contributed by atoms with Crippen LogP contribution in [0, 0.1) is 0 Å². The molecule has 3 aromatic rings. The Morgan fingerprint density at radius 3 is 3.12 bits per heavy atom. The van der Waals surface area contributed by atoms with E-state index in [4.69, 9.17) is 5.73 Å². The zero-order chi connectivity index (χ0) is 11.7. The lowest BCUT2D eigenvalue weighted by atomic mass is 10.4. The van der Waals surface area contributed by atoms with E-state index < -0.39 is 0 Å². The Morgan fingerprint density at radius 1 is 1.41 bits per heavy atom. The van der Waals surface area contributed by atoms with E-state index >= 15 is 0 Å². The van der Waals surface area contributed by atoms with Crippen LogP contribution in [0.1, 0.15) is 5.69 Å². The van der Waals surface area contributed by atoms with Gasteiger partial charge in [-0.1, -0.05) is 17.4 Å². The van der Waals surface area contributed by atoms with Gasteiger partial charge in [-0.15, -0.1) is 10.2 Å². The molecule has 0 saturated carbocycles. The molecule has 0 atom stereocenters. The van der Waals surface area contributed by atoms with Crippen LogP contribution in [0.25, 0.3) is 5.65 Å². The van der Waals surface area contributed by atoms with Crippen molar-refractivity contribution in [2.45, 2.75) is 15.9 Å². The third-order valence-electron chi connectivity index (χ3n) is 2.31. The Morgan fingerprint density at radius 2 is 2.35 bits per heavy atom. The number of aromatic nitrogens is 4. The second-order valence-electron chi connectivity index (χ2n) is 3.30. The van der Waals surface area contributed by atoms with Gasteiger partial charge in [0.05, 0.1) is 5.69 Å². The van der Waals surface area contributed by atoms with Gasteiger partial charge in [0.15, 0.2) is 4.34 Å². The van der Waals surface area contributed by atoms with Crippen molar-refractivity contribution in [2.75, 3.05) is 0 Å². The normalized spacial score (nSPS) is 11.1. The summed E-state index contributed by atoms with van der Waals surface area (Å²) < 4.78 is 2.88. The minimum Gasteiger partial charge on any atom is -0.325 e.